The van der Waals surface area contributed by atoms with Gasteiger partial charge in [-0.15, -0.1) is 0 Å². The van der Waals surface area contributed by atoms with E-state index in [9.17, 15) is 0 Å². The van der Waals surface area contributed by atoms with Gasteiger partial charge in [0.15, 0.2) is 0 Å². The molecule has 0 aliphatic rings. The van der Waals surface area contributed by atoms with Crippen LogP contribution in [0.5, 0.6) is 0 Å². The van der Waals surface area contributed by atoms with E-state index in [0.717, 1.165) is 11.3 Å². The van der Waals surface area contributed by atoms with Gasteiger partial charge in [0.1, 0.15) is 5.69 Å². The predicted molar refractivity (Wildman–Crippen MR) is 53.6 cm³/mol. The van der Waals surface area contributed by atoms with Gasteiger partial charge in [-0.2, -0.15) is 15.4 Å². The lowest BCUT2D eigenvalue weighted by Gasteiger charge is -2.08. The molecule has 1 aromatic carbocycles. The Hall–Kier alpha value is -1.68. The predicted octanol–water partition coefficient (Wildman–Crippen LogP) is 1.16. The molecule has 0 amide bonds. The van der Waals surface area contributed by atoms with Crippen molar-refractivity contribution in [3.63, 3.8) is 0 Å². The summed E-state index contributed by atoms with van der Waals surface area (Å²) in [6.07, 6.45) is 1.65. The van der Waals surface area contributed by atoms with Crippen LogP contribution < -0.4 is 5.73 Å². The molecule has 0 saturated carbocycles. The molecule has 14 heavy (non-hydrogen) atoms. The highest BCUT2D eigenvalue weighted by atomic mass is 15.3. The Morgan fingerprint density at radius 1 is 1.43 bits per heavy atom. The molecule has 1 aromatic heterocycles. The number of hydrogen-bond acceptors (Lipinski definition) is 3. The van der Waals surface area contributed by atoms with Crippen LogP contribution in [0.4, 0.5) is 0 Å². The number of aromatic amines is 1. The Balaban J connectivity index is 2.32. The summed E-state index contributed by atoms with van der Waals surface area (Å²) in [6.45, 7) is 2.04. The minimum absolute atomic E-state index is 0.200. The van der Waals surface area contributed by atoms with Crippen LogP contribution in [-0.2, 0) is 0 Å². The first kappa shape index (κ1) is 8.90. The lowest BCUT2D eigenvalue weighted by molar-refractivity contribution is 0.808. The van der Waals surface area contributed by atoms with E-state index in [-0.39, 0.29) is 6.04 Å². The highest BCUT2D eigenvalue weighted by molar-refractivity contribution is 5.29. The van der Waals surface area contributed by atoms with E-state index in [1.54, 1.807) is 6.20 Å². The Bertz CT molecular complexity index is 408. The van der Waals surface area contributed by atoms with Gasteiger partial charge in [0.2, 0.25) is 0 Å². The molecule has 2 rings (SSSR count). The maximum absolute atomic E-state index is 6.01. The van der Waals surface area contributed by atoms with Crippen LogP contribution in [0.15, 0.2) is 30.5 Å². The number of nitrogens with zero attached hydrogens (tertiary/aromatic N) is 2. The molecule has 0 spiro atoms. The zero-order valence-corrected chi connectivity index (χ0v) is 7.94. The van der Waals surface area contributed by atoms with Crippen molar-refractivity contribution in [2.24, 2.45) is 5.73 Å². The van der Waals surface area contributed by atoms with Crippen molar-refractivity contribution in [2.75, 3.05) is 0 Å². The summed E-state index contributed by atoms with van der Waals surface area (Å²) in [4.78, 5) is 0. The van der Waals surface area contributed by atoms with E-state index in [1.165, 1.54) is 5.56 Å². The zero-order chi connectivity index (χ0) is 9.97. The standard InChI is InChI=1S/C10H12N4/c1-7-3-2-4-8(5-7)10(11)9-6-12-14-13-9/h2-6,10H,11H2,1H3,(H,12,13,14). The third-order valence-electron chi connectivity index (χ3n) is 2.15. The Morgan fingerprint density at radius 3 is 2.93 bits per heavy atom. The molecule has 1 unspecified atom stereocenters. The molecule has 4 nitrogen and oxygen atoms in total. The van der Waals surface area contributed by atoms with E-state index in [2.05, 4.69) is 21.5 Å². The highest BCUT2D eigenvalue weighted by Crippen LogP contribution is 2.17. The number of nitrogens with one attached hydrogen (secondary N) is 1. The smallest absolute Gasteiger partial charge is 0.104 e. The van der Waals surface area contributed by atoms with Crippen molar-refractivity contribution >= 4 is 0 Å². The molecule has 0 bridgehead atoms. The first-order valence-electron chi connectivity index (χ1n) is 4.45. The summed E-state index contributed by atoms with van der Waals surface area (Å²) in [5, 5.41) is 10.3. The second kappa shape index (κ2) is 3.59. The average Bonchev–Trinajstić information content (AvgIpc) is 2.69. The molecular weight excluding hydrogens is 176 g/mol. The topological polar surface area (TPSA) is 67.6 Å². The summed E-state index contributed by atoms with van der Waals surface area (Å²) < 4.78 is 0. The van der Waals surface area contributed by atoms with Gasteiger partial charge in [-0.1, -0.05) is 29.8 Å². The SMILES string of the molecule is Cc1cccc(C(N)c2cn[nH]n2)c1. The van der Waals surface area contributed by atoms with Gasteiger partial charge >= 0.3 is 0 Å². The number of aryl methyl sites for hydroxylation is 1. The lowest BCUT2D eigenvalue weighted by Crippen LogP contribution is -2.12. The van der Waals surface area contributed by atoms with Crippen molar-refractivity contribution in [2.45, 2.75) is 13.0 Å². The fourth-order valence-electron chi connectivity index (χ4n) is 1.39. The Morgan fingerprint density at radius 2 is 2.29 bits per heavy atom. The minimum Gasteiger partial charge on any atom is -0.319 e. The molecule has 4 heteroatoms. The second-order valence-electron chi connectivity index (χ2n) is 3.29. The molecule has 0 aliphatic heterocycles. The van der Waals surface area contributed by atoms with Crippen LogP contribution in [0.3, 0.4) is 0 Å². The van der Waals surface area contributed by atoms with Crippen LogP contribution in [0.1, 0.15) is 22.9 Å². The molecule has 0 fully saturated rings. The summed E-state index contributed by atoms with van der Waals surface area (Å²) in [5.41, 5.74) is 9.02. The van der Waals surface area contributed by atoms with E-state index in [0.29, 0.717) is 0 Å². The van der Waals surface area contributed by atoms with Gasteiger partial charge in [-0.25, -0.2) is 0 Å². The van der Waals surface area contributed by atoms with Crippen LogP contribution in [0, 0.1) is 6.92 Å². The number of aromatic nitrogens is 3. The molecular formula is C10H12N4. The summed E-state index contributed by atoms with van der Waals surface area (Å²) in [6, 6.07) is 7.88. The third kappa shape index (κ3) is 1.65. The van der Waals surface area contributed by atoms with Gasteiger partial charge in [-0.05, 0) is 12.5 Å². The third-order valence-corrected chi connectivity index (χ3v) is 2.15. The van der Waals surface area contributed by atoms with E-state index in [1.807, 2.05) is 25.1 Å². The van der Waals surface area contributed by atoms with Crippen molar-refractivity contribution in [3.05, 3.63) is 47.3 Å². The maximum atomic E-state index is 6.01. The van der Waals surface area contributed by atoms with Gasteiger partial charge in [0, 0.05) is 0 Å². The van der Waals surface area contributed by atoms with Crippen molar-refractivity contribution in [3.8, 4) is 0 Å². The molecule has 0 saturated heterocycles. The minimum atomic E-state index is -0.200. The number of rotatable bonds is 2. The van der Waals surface area contributed by atoms with E-state index >= 15 is 0 Å². The van der Waals surface area contributed by atoms with Crippen LogP contribution in [0.2, 0.25) is 0 Å². The average molecular weight is 188 g/mol. The number of H-pyrrole nitrogens is 1. The van der Waals surface area contributed by atoms with Crippen LogP contribution in [-0.4, -0.2) is 15.4 Å². The fourth-order valence-corrected chi connectivity index (χ4v) is 1.39. The van der Waals surface area contributed by atoms with Gasteiger partial charge < -0.3 is 5.73 Å². The lowest BCUT2D eigenvalue weighted by atomic mass is 10.0. The first-order chi connectivity index (χ1) is 6.77. The largest absolute Gasteiger partial charge is 0.319 e. The monoisotopic (exact) mass is 188 g/mol. The van der Waals surface area contributed by atoms with Crippen molar-refractivity contribution < 1.29 is 0 Å². The summed E-state index contributed by atoms with van der Waals surface area (Å²) in [5.74, 6) is 0. The normalized spacial score (nSPS) is 12.7. The van der Waals surface area contributed by atoms with Crippen LogP contribution in [0.25, 0.3) is 0 Å². The molecule has 72 valence electrons. The highest BCUT2D eigenvalue weighted by Gasteiger charge is 2.10. The number of hydrogen-bond donors (Lipinski definition) is 2. The molecule has 3 N–H and O–H groups in total. The molecule has 2 aromatic rings. The Labute approximate surface area is 82.1 Å². The fraction of sp³-hybridized carbons (Fsp3) is 0.200. The zero-order valence-electron chi connectivity index (χ0n) is 7.94. The van der Waals surface area contributed by atoms with E-state index < -0.39 is 0 Å². The summed E-state index contributed by atoms with van der Waals surface area (Å²) in [7, 11) is 0. The van der Waals surface area contributed by atoms with Gasteiger partial charge in [0.05, 0.1) is 12.2 Å². The quantitative estimate of drug-likeness (QED) is 0.743. The van der Waals surface area contributed by atoms with E-state index in [4.69, 9.17) is 5.73 Å². The molecule has 0 aliphatic carbocycles. The number of benzene rings is 1. The maximum Gasteiger partial charge on any atom is 0.104 e. The van der Waals surface area contributed by atoms with Crippen LogP contribution >= 0.6 is 0 Å². The molecule has 1 heterocycles. The number of nitrogens with two attached hydrogens (primary N) is 1. The molecule has 0 radical (unpaired) electrons. The Kier molecular flexibility index (Phi) is 2.28. The van der Waals surface area contributed by atoms with Gasteiger partial charge in [0.25, 0.3) is 0 Å². The molecule has 1 atom stereocenters. The summed E-state index contributed by atoms with van der Waals surface area (Å²) >= 11 is 0. The van der Waals surface area contributed by atoms with Crippen molar-refractivity contribution in [1.29, 1.82) is 0 Å². The first-order valence-corrected chi connectivity index (χ1v) is 4.45. The van der Waals surface area contributed by atoms with Gasteiger partial charge in [-0.3, -0.25) is 0 Å². The second-order valence-corrected chi connectivity index (χ2v) is 3.29. The van der Waals surface area contributed by atoms with Crippen molar-refractivity contribution in [1.82, 2.24) is 15.4 Å².